The molecule has 1 aromatic heterocycles. The summed E-state index contributed by atoms with van der Waals surface area (Å²) in [4.78, 5) is 23.8. The Morgan fingerprint density at radius 3 is 2.62 bits per heavy atom. The van der Waals surface area contributed by atoms with E-state index in [1.54, 1.807) is 23.9 Å². The molecule has 1 heterocycles. The van der Waals surface area contributed by atoms with Gasteiger partial charge in [-0.2, -0.15) is 5.10 Å². The minimum absolute atomic E-state index is 0.0662. The number of aromatic nitrogens is 2. The van der Waals surface area contributed by atoms with E-state index in [1.807, 2.05) is 13.8 Å². The van der Waals surface area contributed by atoms with Gasteiger partial charge < -0.3 is 10.1 Å². The number of carbonyl (C=O) groups excluding carboxylic acids is 2. The Morgan fingerprint density at radius 2 is 2.00 bits per heavy atom. The van der Waals surface area contributed by atoms with Crippen molar-refractivity contribution in [3.05, 3.63) is 45.2 Å². The molecule has 0 unspecified atom stereocenters. The van der Waals surface area contributed by atoms with Gasteiger partial charge in [0.25, 0.3) is 5.91 Å². The summed E-state index contributed by atoms with van der Waals surface area (Å²) in [5.41, 5.74) is 2.83. The molecule has 0 saturated heterocycles. The molecular formula is C16H17Cl2N3O3. The number of hydrogen-bond acceptors (Lipinski definition) is 4. The smallest absolute Gasteiger partial charge is 0.310 e. The largest absolute Gasteiger partial charge is 0.455 e. The first kappa shape index (κ1) is 18.3. The second-order valence-electron chi connectivity index (χ2n) is 5.28. The van der Waals surface area contributed by atoms with Crippen LogP contribution < -0.4 is 5.32 Å². The third kappa shape index (κ3) is 4.49. The number of anilines is 1. The number of rotatable bonds is 5. The maximum absolute atomic E-state index is 11.9. The lowest BCUT2D eigenvalue weighted by atomic mass is 10.1. The molecular weight excluding hydrogens is 353 g/mol. The van der Waals surface area contributed by atoms with Gasteiger partial charge in [-0.15, -0.1) is 0 Å². The first-order chi connectivity index (χ1) is 11.3. The topological polar surface area (TPSA) is 73.2 Å². The molecule has 6 nitrogen and oxygen atoms in total. The fourth-order valence-corrected chi connectivity index (χ4v) is 2.53. The van der Waals surface area contributed by atoms with Crippen molar-refractivity contribution in [2.45, 2.75) is 20.3 Å². The summed E-state index contributed by atoms with van der Waals surface area (Å²) in [5, 5.41) is 7.57. The van der Waals surface area contributed by atoms with Crippen molar-refractivity contribution in [1.29, 1.82) is 0 Å². The summed E-state index contributed by atoms with van der Waals surface area (Å²) in [5.74, 6) is -0.992. The first-order valence-corrected chi connectivity index (χ1v) is 7.93. The molecule has 1 aromatic carbocycles. The molecule has 2 aromatic rings. The number of amides is 1. The molecule has 1 amide bonds. The lowest BCUT2D eigenvalue weighted by Crippen LogP contribution is -2.22. The average molecular weight is 370 g/mol. The standard InChI is InChI=1S/C16H17Cl2N3O3/c1-9-12(10(2)21(3)20-9)7-16(23)24-8-15(22)19-14-6-11(17)4-5-13(14)18/h4-6H,7-8H2,1-3H3,(H,19,22). The SMILES string of the molecule is Cc1nn(C)c(C)c1CC(=O)OCC(=O)Nc1cc(Cl)ccc1Cl. The Balaban J connectivity index is 1.89. The molecule has 1 N–H and O–H groups in total. The van der Waals surface area contributed by atoms with E-state index in [-0.39, 0.29) is 6.42 Å². The van der Waals surface area contributed by atoms with E-state index in [1.165, 1.54) is 6.07 Å². The van der Waals surface area contributed by atoms with E-state index < -0.39 is 18.5 Å². The molecule has 0 aliphatic rings. The van der Waals surface area contributed by atoms with Crippen molar-refractivity contribution < 1.29 is 14.3 Å². The van der Waals surface area contributed by atoms with E-state index in [2.05, 4.69) is 10.4 Å². The number of nitrogens with zero attached hydrogens (tertiary/aromatic N) is 2. The van der Waals surface area contributed by atoms with Crippen molar-refractivity contribution >= 4 is 40.8 Å². The maximum Gasteiger partial charge on any atom is 0.310 e. The van der Waals surface area contributed by atoms with Crippen LogP contribution in [-0.4, -0.2) is 28.3 Å². The number of esters is 1. The van der Waals surface area contributed by atoms with Crippen molar-refractivity contribution in [3.63, 3.8) is 0 Å². The van der Waals surface area contributed by atoms with Gasteiger partial charge >= 0.3 is 5.97 Å². The zero-order valence-electron chi connectivity index (χ0n) is 13.5. The maximum atomic E-state index is 11.9. The Morgan fingerprint density at radius 1 is 1.29 bits per heavy atom. The van der Waals surface area contributed by atoms with Crippen LogP contribution in [0.2, 0.25) is 10.0 Å². The third-order valence-electron chi connectivity index (χ3n) is 3.55. The Labute approximate surface area is 149 Å². The minimum Gasteiger partial charge on any atom is -0.455 e. The van der Waals surface area contributed by atoms with Gasteiger partial charge in [0.2, 0.25) is 0 Å². The van der Waals surface area contributed by atoms with Gasteiger partial charge in [-0.1, -0.05) is 23.2 Å². The van der Waals surface area contributed by atoms with Crippen LogP contribution in [0.4, 0.5) is 5.69 Å². The van der Waals surface area contributed by atoms with Crippen LogP contribution in [0.15, 0.2) is 18.2 Å². The van der Waals surface area contributed by atoms with Gasteiger partial charge in [0, 0.05) is 23.3 Å². The van der Waals surface area contributed by atoms with Crippen molar-refractivity contribution in [2.75, 3.05) is 11.9 Å². The van der Waals surface area contributed by atoms with E-state index in [9.17, 15) is 9.59 Å². The summed E-state index contributed by atoms with van der Waals surface area (Å²) in [6.07, 6.45) is 0.0662. The first-order valence-electron chi connectivity index (χ1n) is 7.17. The van der Waals surface area contributed by atoms with Crippen LogP contribution in [0.1, 0.15) is 17.0 Å². The Kier molecular flexibility index (Phi) is 5.85. The fraction of sp³-hybridized carbons (Fsp3) is 0.312. The van der Waals surface area contributed by atoms with Gasteiger partial charge in [-0.05, 0) is 32.0 Å². The van der Waals surface area contributed by atoms with E-state index >= 15 is 0 Å². The number of carbonyl (C=O) groups is 2. The molecule has 0 atom stereocenters. The summed E-state index contributed by atoms with van der Waals surface area (Å²) in [6, 6.07) is 4.70. The second-order valence-corrected chi connectivity index (χ2v) is 6.13. The molecule has 0 fully saturated rings. The predicted molar refractivity (Wildman–Crippen MR) is 92.4 cm³/mol. The average Bonchev–Trinajstić information content (AvgIpc) is 2.75. The van der Waals surface area contributed by atoms with Crippen molar-refractivity contribution in [3.8, 4) is 0 Å². The molecule has 8 heteroatoms. The van der Waals surface area contributed by atoms with E-state index in [0.717, 1.165) is 17.0 Å². The van der Waals surface area contributed by atoms with Crippen LogP contribution in [0.3, 0.4) is 0 Å². The van der Waals surface area contributed by atoms with Gasteiger partial charge in [0.1, 0.15) is 0 Å². The second kappa shape index (κ2) is 7.68. The quantitative estimate of drug-likeness (QED) is 0.821. The molecule has 24 heavy (non-hydrogen) atoms. The summed E-state index contributed by atoms with van der Waals surface area (Å²) < 4.78 is 6.71. The normalized spacial score (nSPS) is 10.5. The monoisotopic (exact) mass is 369 g/mol. The number of hydrogen-bond donors (Lipinski definition) is 1. The molecule has 0 aliphatic heterocycles. The molecule has 0 bridgehead atoms. The number of benzene rings is 1. The van der Waals surface area contributed by atoms with Crippen LogP contribution in [-0.2, 0) is 27.8 Å². The van der Waals surface area contributed by atoms with Crippen LogP contribution in [0.25, 0.3) is 0 Å². The van der Waals surface area contributed by atoms with E-state index in [0.29, 0.717) is 15.7 Å². The van der Waals surface area contributed by atoms with Gasteiger partial charge in [-0.25, -0.2) is 0 Å². The minimum atomic E-state index is -0.499. The predicted octanol–water partition coefficient (Wildman–Crippen LogP) is 3.07. The molecule has 0 radical (unpaired) electrons. The van der Waals surface area contributed by atoms with Crippen LogP contribution in [0, 0.1) is 13.8 Å². The number of nitrogens with one attached hydrogen (secondary N) is 1. The van der Waals surface area contributed by atoms with Gasteiger partial charge in [0.15, 0.2) is 6.61 Å². The zero-order valence-corrected chi connectivity index (χ0v) is 15.0. The number of halogens is 2. The van der Waals surface area contributed by atoms with Gasteiger partial charge in [0.05, 0.1) is 22.8 Å². The molecule has 128 valence electrons. The highest BCUT2D eigenvalue weighted by atomic mass is 35.5. The van der Waals surface area contributed by atoms with Crippen LogP contribution >= 0.6 is 23.2 Å². The lowest BCUT2D eigenvalue weighted by Gasteiger charge is -2.08. The fourth-order valence-electron chi connectivity index (χ4n) is 2.19. The zero-order chi connectivity index (χ0) is 17.9. The number of aryl methyl sites for hydroxylation is 2. The summed E-state index contributed by atoms with van der Waals surface area (Å²) in [6.45, 7) is 3.29. The highest BCUT2D eigenvalue weighted by Crippen LogP contribution is 2.25. The van der Waals surface area contributed by atoms with Crippen molar-refractivity contribution in [1.82, 2.24) is 9.78 Å². The summed E-state index contributed by atoms with van der Waals surface area (Å²) >= 11 is 11.8. The highest BCUT2D eigenvalue weighted by Gasteiger charge is 2.16. The highest BCUT2D eigenvalue weighted by molar-refractivity contribution is 6.35. The molecule has 0 saturated carbocycles. The number of ether oxygens (including phenoxy) is 1. The van der Waals surface area contributed by atoms with E-state index in [4.69, 9.17) is 27.9 Å². The summed E-state index contributed by atoms with van der Waals surface area (Å²) in [7, 11) is 1.80. The van der Waals surface area contributed by atoms with Gasteiger partial charge in [-0.3, -0.25) is 14.3 Å². The molecule has 0 spiro atoms. The Hall–Kier alpha value is -2.05. The van der Waals surface area contributed by atoms with Crippen molar-refractivity contribution in [2.24, 2.45) is 7.05 Å². The third-order valence-corrected chi connectivity index (χ3v) is 4.11. The molecule has 0 aliphatic carbocycles. The molecule has 2 rings (SSSR count). The van der Waals surface area contributed by atoms with Crippen LogP contribution in [0.5, 0.6) is 0 Å². The Bertz CT molecular complexity index is 787. The lowest BCUT2D eigenvalue weighted by molar-refractivity contribution is -0.146.